The Morgan fingerprint density at radius 3 is 2.56 bits per heavy atom. The van der Waals surface area contributed by atoms with Crippen LogP contribution in [0.25, 0.3) is 0 Å². The molecule has 4 N–H and O–H groups in total. The van der Waals surface area contributed by atoms with Gasteiger partial charge in [0.05, 0.1) is 13.2 Å². The van der Waals surface area contributed by atoms with Crippen LogP contribution in [0.1, 0.15) is 11.1 Å². The fraction of sp³-hybridized carbons (Fsp3) is 0.300. The summed E-state index contributed by atoms with van der Waals surface area (Å²) in [5, 5.41) is 11.6. The number of carbonyl (C=O) groups is 2. The summed E-state index contributed by atoms with van der Waals surface area (Å²) in [6.45, 7) is 4.03. The molecule has 0 radical (unpaired) electrons. The van der Waals surface area contributed by atoms with Crippen molar-refractivity contribution in [1.29, 1.82) is 0 Å². The Morgan fingerprint density at radius 1 is 1.11 bits per heavy atom. The van der Waals surface area contributed by atoms with E-state index in [0.29, 0.717) is 32.0 Å². The molecule has 7 nitrogen and oxygen atoms in total. The van der Waals surface area contributed by atoms with Crippen molar-refractivity contribution in [3.05, 3.63) is 59.7 Å². The van der Waals surface area contributed by atoms with Gasteiger partial charge in [0.25, 0.3) is 0 Å². The molecule has 1 aliphatic rings. The van der Waals surface area contributed by atoms with Crippen LogP contribution < -0.4 is 21.3 Å². The minimum absolute atomic E-state index is 0.0924. The van der Waals surface area contributed by atoms with Gasteiger partial charge in [-0.2, -0.15) is 0 Å². The Labute approximate surface area is 158 Å². The van der Waals surface area contributed by atoms with Crippen LogP contribution in [0.2, 0.25) is 0 Å². The zero-order valence-corrected chi connectivity index (χ0v) is 15.2. The summed E-state index contributed by atoms with van der Waals surface area (Å²) in [6, 6.07) is 14.3. The van der Waals surface area contributed by atoms with Gasteiger partial charge in [0.2, 0.25) is 5.91 Å². The monoisotopic (exact) mass is 368 g/mol. The second-order valence-electron chi connectivity index (χ2n) is 6.45. The second kappa shape index (κ2) is 9.16. The number of ether oxygens (including phenoxy) is 1. The number of hydrogen-bond acceptors (Lipinski definition) is 4. The third kappa shape index (κ3) is 5.80. The van der Waals surface area contributed by atoms with Crippen molar-refractivity contribution in [2.24, 2.45) is 0 Å². The quantitative estimate of drug-likeness (QED) is 0.651. The minimum atomic E-state index is -0.319. The van der Waals surface area contributed by atoms with Gasteiger partial charge in [0, 0.05) is 24.5 Å². The molecule has 3 amide bonds. The van der Waals surface area contributed by atoms with Crippen molar-refractivity contribution in [3.8, 4) is 0 Å². The first-order chi connectivity index (χ1) is 13.1. The Bertz CT molecular complexity index is 803. The third-order valence-corrected chi connectivity index (χ3v) is 4.17. The van der Waals surface area contributed by atoms with E-state index in [1.165, 1.54) is 0 Å². The number of nitrogens with one attached hydrogen (secondary N) is 4. The van der Waals surface area contributed by atoms with Gasteiger partial charge in [-0.25, -0.2) is 4.79 Å². The maximum absolute atomic E-state index is 12.2. The van der Waals surface area contributed by atoms with E-state index in [9.17, 15) is 9.59 Å². The van der Waals surface area contributed by atoms with Crippen LogP contribution in [0.5, 0.6) is 0 Å². The number of rotatable bonds is 5. The van der Waals surface area contributed by atoms with Crippen LogP contribution >= 0.6 is 0 Å². The fourth-order valence-electron chi connectivity index (χ4n) is 2.82. The van der Waals surface area contributed by atoms with Gasteiger partial charge >= 0.3 is 6.03 Å². The lowest BCUT2D eigenvalue weighted by Gasteiger charge is -2.22. The molecule has 0 spiro atoms. The molecule has 0 saturated carbocycles. The first kappa shape index (κ1) is 18.9. The van der Waals surface area contributed by atoms with Gasteiger partial charge in [-0.15, -0.1) is 0 Å². The number of carbonyl (C=O) groups excluding carboxylic acids is 2. The maximum Gasteiger partial charge on any atom is 0.323 e. The Balaban J connectivity index is 1.52. The second-order valence-corrected chi connectivity index (χ2v) is 6.45. The van der Waals surface area contributed by atoms with Gasteiger partial charge in [-0.1, -0.05) is 24.3 Å². The molecule has 1 fully saturated rings. The molecule has 27 heavy (non-hydrogen) atoms. The summed E-state index contributed by atoms with van der Waals surface area (Å²) in [6.07, 6.45) is 0. The molecule has 1 atom stereocenters. The Kier molecular flexibility index (Phi) is 6.40. The first-order valence-corrected chi connectivity index (χ1v) is 8.92. The average Bonchev–Trinajstić information content (AvgIpc) is 2.67. The zero-order valence-electron chi connectivity index (χ0n) is 15.2. The van der Waals surface area contributed by atoms with E-state index < -0.39 is 0 Å². The molecule has 142 valence electrons. The molecule has 1 saturated heterocycles. The van der Waals surface area contributed by atoms with Crippen LogP contribution in [-0.2, 0) is 16.1 Å². The predicted octanol–water partition coefficient (Wildman–Crippen LogP) is 2.24. The lowest BCUT2D eigenvalue weighted by molar-refractivity contribution is -0.126. The number of amides is 3. The Hall–Kier alpha value is -2.90. The molecule has 3 rings (SSSR count). The highest BCUT2D eigenvalue weighted by Gasteiger charge is 2.20. The third-order valence-electron chi connectivity index (χ3n) is 4.17. The standard InChI is InChI=1S/C20H24N4O3/c1-14-4-2-6-16(10-14)23-20(26)24-17-7-3-5-15(11-17)12-22-19(25)18-13-27-9-8-21-18/h2-7,10-11,18,21H,8-9,12-13H2,1H3,(H,22,25)(H2,23,24,26). The molecule has 0 bridgehead atoms. The lowest BCUT2D eigenvalue weighted by atomic mass is 10.2. The molecule has 2 aromatic rings. The minimum Gasteiger partial charge on any atom is -0.378 e. The molecule has 1 aliphatic heterocycles. The van der Waals surface area contributed by atoms with Crippen LogP contribution in [0.4, 0.5) is 16.2 Å². The van der Waals surface area contributed by atoms with Gasteiger partial charge in [0.15, 0.2) is 0 Å². The summed E-state index contributed by atoms with van der Waals surface area (Å²) in [5.41, 5.74) is 3.36. The van der Waals surface area contributed by atoms with Gasteiger partial charge in [-0.3, -0.25) is 4.79 Å². The average molecular weight is 368 g/mol. The van der Waals surface area contributed by atoms with Crippen molar-refractivity contribution in [1.82, 2.24) is 10.6 Å². The number of urea groups is 1. The van der Waals surface area contributed by atoms with E-state index in [-0.39, 0.29) is 18.0 Å². The maximum atomic E-state index is 12.2. The topological polar surface area (TPSA) is 91.5 Å². The molecular weight excluding hydrogens is 344 g/mol. The van der Waals surface area contributed by atoms with Gasteiger partial charge < -0.3 is 26.0 Å². The van der Waals surface area contributed by atoms with E-state index >= 15 is 0 Å². The zero-order chi connectivity index (χ0) is 19.1. The molecule has 0 aliphatic carbocycles. The van der Waals surface area contributed by atoms with E-state index in [2.05, 4.69) is 21.3 Å². The van der Waals surface area contributed by atoms with Gasteiger partial charge in [-0.05, 0) is 42.3 Å². The molecule has 1 heterocycles. The summed E-state index contributed by atoms with van der Waals surface area (Å²) in [5.74, 6) is -0.0924. The van der Waals surface area contributed by atoms with E-state index in [0.717, 1.165) is 16.8 Å². The normalized spacial score (nSPS) is 16.4. The number of morpholine rings is 1. The molecule has 0 aromatic heterocycles. The highest BCUT2D eigenvalue weighted by molar-refractivity contribution is 5.99. The molecular formula is C20H24N4O3. The SMILES string of the molecule is Cc1cccc(NC(=O)Nc2cccc(CNC(=O)C3COCCN3)c2)c1. The van der Waals surface area contributed by atoms with E-state index in [1.807, 2.05) is 49.4 Å². The van der Waals surface area contributed by atoms with Crippen molar-refractivity contribution in [2.45, 2.75) is 19.5 Å². The van der Waals surface area contributed by atoms with Crippen molar-refractivity contribution < 1.29 is 14.3 Å². The van der Waals surface area contributed by atoms with Crippen LogP contribution in [0.15, 0.2) is 48.5 Å². The summed E-state index contributed by atoms with van der Waals surface area (Å²) in [4.78, 5) is 24.3. The highest BCUT2D eigenvalue weighted by atomic mass is 16.5. The van der Waals surface area contributed by atoms with Crippen LogP contribution in [-0.4, -0.2) is 37.7 Å². The number of aryl methyl sites for hydroxylation is 1. The van der Waals surface area contributed by atoms with Crippen molar-refractivity contribution in [2.75, 3.05) is 30.4 Å². The smallest absolute Gasteiger partial charge is 0.323 e. The van der Waals surface area contributed by atoms with Crippen molar-refractivity contribution >= 4 is 23.3 Å². The van der Waals surface area contributed by atoms with Gasteiger partial charge in [0.1, 0.15) is 6.04 Å². The van der Waals surface area contributed by atoms with E-state index in [1.54, 1.807) is 6.07 Å². The van der Waals surface area contributed by atoms with Crippen LogP contribution in [0.3, 0.4) is 0 Å². The largest absolute Gasteiger partial charge is 0.378 e. The predicted molar refractivity (Wildman–Crippen MR) is 105 cm³/mol. The number of benzene rings is 2. The van der Waals surface area contributed by atoms with Crippen molar-refractivity contribution in [3.63, 3.8) is 0 Å². The number of anilines is 2. The molecule has 1 unspecified atom stereocenters. The van der Waals surface area contributed by atoms with Crippen LogP contribution in [0, 0.1) is 6.92 Å². The molecule has 7 heteroatoms. The highest BCUT2D eigenvalue weighted by Crippen LogP contribution is 2.13. The first-order valence-electron chi connectivity index (χ1n) is 8.92. The number of hydrogen-bond donors (Lipinski definition) is 4. The summed E-state index contributed by atoms with van der Waals surface area (Å²) < 4.78 is 5.30. The Morgan fingerprint density at radius 2 is 1.85 bits per heavy atom. The lowest BCUT2D eigenvalue weighted by Crippen LogP contribution is -2.51. The molecule has 2 aromatic carbocycles. The summed E-state index contributed by atoms with van der Waals surface area (Å²) in [7, 11) is 0. The fourth-order valence-corrected chi connectivity index (χ4v) is 2.82. The van der Waals surface area contributed by atoms with E-state index in [4.69, 9.17) is 4.74 Å². The summed E-state index contributed by atoms with van der Waals surface area (Å²) >= 11 is 0.